The smallest absolute Gasteiger partial charge is 0.340 e. The number of carbonyl (C=O) groups is 2. The molecule has 0 aliphatic heterocycles. The molecule has 0 amide bonds. The second-order valence-electron chi connectivity index (χ2n) is 6.25. The van der Waals surface area contributed by atoms with E-state index in [0.29, 0.717) is 18.1 Å². The molecule has 0 bridgehead atoms. The first-order chi connectivity index (χ1) is 11.7. The number of nitrogens with zero attached hydrogens (tertiary/aromatic N) is 3. The summed E-state index contributed by atoms with van der Waals surface area (Å²) in [6.45, 7) is 7.40. The first kappa shape index (κ1) is 18.9. The molecule has 1 heterocycles. The van der Waals surface area contributed by atoms with Crippen LogP contribution in [0.25, 0.3) is 5.69 Å². The van der Waals surface area contributed by atoms with Crippen molar-refractivity contribution in [3.8, 4) is 5.69 Å². The quantitative estimate of drug-likeness (QED) is 0.757. The fraction of sp³-hybridized carbons (Fsp3) is 0.412. The van der Waals surface area contributed by atoms with Gasteiger partial charge in [0.15, 0.2) is 5.82 Å². The van der Waals surface area contributed by atoms with E-state index in [1.54, 1.807) is 45.9 Å². The highest BCUT2D eigenvalue weighted by Crippen LogP contribution is 2.22. The molecule has 0 atom stereocenters. The molecule has 8 heteroatoms. The molecule has 0 N–H and O–H groups in total. The van der Waals surface area contributed by atoms with Crippen molar-refractivity contribution >= 4 is 23.5 Å². The molecule has 0 aliphatic rings. The lowest BCUT2D eigenvalue weighted by atomic mass is 10.1. The van der Waals surface area contributed by atoms with Crippen molar-refractivity contribution in [3.05, 3.63) is 40.9 Å². The number of benzene rings is 1. The Morgan fingerprint density at radius 2 is 2.00 bits per heavy atom. The molecule has 0 saturated carbocycles. The van der Waals surface area contributed by atoms with Gasteiger partial charge in [-0.2, -0.15) is 5.10 Å². The molecule has 0 radical (unpaired) electrons. The number of ether oxygens (including phenoxy) is 2. The zero-order valence-corrected chi connectivity index (χ0v) is 15.3. The predicted octanol–water partition coefficient (Wildman–Crippen LogP) is 2.98. The number of rotatable bonds is 5. The average Bonchev–Trinajstić information content (AvgIpc) is 2.93. The number of hydrogen-bond donors (Lipinski definition) is 0. The van der Waals surface area contributed by atoms with Crippen LogP contribution in [0.3, 0.4) is 0 Å². The standard InChI is InChI=1S/C17H20ClN3O4/c1-5-24-15(22)9-14-19-10-21(20-14)11-6-7-12(13(18)8-11)16(23)25-17(2,3)4/h6-8,10H,5,9H2,1-4H3. The van der Waals surface area contributed by atoms with Gasteiger partial charge >= 0.3 is 11.9 Å². The Kier molecular flexibility index (Phi) is 5.79. The molecule has 1 aromatic heterocycles. The van der Waals surface area contributed by atoms with Crippen molar-refractivity contribution in [2.45, 2.75) is 39.7 Å². The molecule has 134 valence electrons. The van der Waals surface area contributed by atoms with Crippen molar-refractivity contribution in [3.63, 3.8) is 0 Å². The van der Waals surface area contributed by atoms with E-state index in [1.807, 2.05) is 0 Å². The Hall–Kier alpha value is -2.41. The van der Waals surface area contributed by atoms with Crippen LogP contribution in [0, 0.1) is 0 Å². The highest BCUT2D eigenvalue weighted by atomic mass is 35.5. The van der Waals surface area contributed by atoms with Crippen LogP contribution in [0.15, 0.2) is 24.5 Å². The molecule has 0 unspecified atom stereocenters. The number of carbonyl (C=O) groups excluding carboxylic acids is 2. The van der Waals surface area contributed by atoms with Gasteiger partial charge in [-0.1, -0.05) is 11.6 Å². The molecular weight excluding hydrogens is 346 g/mol. The van der Waals surface area contributed by atoms with Crippen molar-refractivity contribution in [1.82, 2.24) is 14.8 Å². The highest BCUT2D eigenvalue weighted by Gasteiger charge is 2.20. The summed E-state index contributed by atoms with van der Waals surface area (Å²) in [7, 11) is 0. The first-order valence-electron chi connectivity index (χ1n) is 7.79. The summed E-state index contributed by atoms with van der Waals surface area (Å²) < 4.78 is 11.6. The van der Waals surface area contributed by atoms with Gasteiger partial charge in [0.2, 0.25) is 0 Å². The van der Waals surface area contributed by atoms with Gasteiger partial charge in [0.05, 0.1) is 22.9 Å². The third-order valence-corrected chi connectivity index (χ3v) is 3.30. The molecule has 0 aliphatic carbocycles. The minimum absolute atomic E-state index is 0.00936. The predicted molar refractivity (Wildman–Crippen MR) is 91.9 cm³/mol. The van der Waals surface area contributed by atoms with E-state index in [-0.39, 0.29) is 17.0 Å². The van der Waals surface area contributed by atoms with Crippen molar-refractivity contribution in [2.24, 2.45) is 0 Å². The Balaban J connectivity index is 2.16. The van der Waals surface area contributed by atoms with E-state index < -0.39 is 17.5 Å². The fourth-order valence-electron chi connectivity index (χ4n) is 1.99. The summed E-state index contributed by atoms with van der Waals surface area (Å²) >= 11 is 6.20. The normalized spacial score (nSPS) is 11.2. The molecule has 2 aromatic rings. The van der Waals surface area contributed by atoms with Crippen LogP contribution < -0.4 is 0 Å². The summed E-state index contributed by atoms with van der Waals surface area (Å²) in [6.07, 6.45) is 1.46. The number of aromatic nitrogens is 3. The van der Waals surface area contributed by atoms with Crippen LogP contribution in [-0.4, -0.2) is 38.9 Å². The van der Waals surface area contributed by atoms with Crippen LogP contribution in [0.5, 0.6) is 0 Å². The van der Waals surface area contributed by atoms with Crippen LogP contribution in [0.4, 0.5) is 0 Å². The zero-order valence-electron chi connectivity index (χ0n) is 14.6. The van der Waals surface area contributed by atoms with Gasteiger partial charge in [-0.15, -0.1) is 0 Å². The molecule has 0 spiro atoms. The van der Waals surface area contributed by atoms with Crippen molar-refractivity contribution < 1.29 is 19.1 Å². The molecule has 7 nitrogen and oxygen atoms in total. The van der Waals surface area contributed by atoms with Crippen LogP contribution in [0.2, 0.25) is 5.02 Å². The van der Waals surface area contributed by atoms with Gasteiger partial charge in [-0.05, 0) is 45.9 Å². The lowest BCUT2D eigenvalue weighted by Crippen LogP contribution is -2.24. The highest BCUT2D eigenvalue weighted by molar-refractivity contribution is 6.33. The Morgan fingerprint density at radius 3 is 2.60 bits per heavy atom. The summed E-state index contributed by atoms with van der Waals surface area (Å²) in [5.41, 5.74) is 0.277. The Labute approximate surface area is 150 Å². The Bertz CT molecular complexity index is 780. The SMILES string of the molecule is CCOC(=O)Cc1ncn(-c2ccc(C(=O)OC(C)(C)C)c(Cl)c2)n1. The lowest BCUT2D eigenvalue weighted by Gasteiger charge is -2.20. The molecule has 25 heavy (non-hydrogen) atoms. The second kappa shape index (κ2) is 7.65. The van der Waals surface area contributed by atoms with E-state index in [4.69, 9.17) is 21.1 Å². The van der Waals surface area contributed by atoms with Crippen molar-refractivity contribution in [2.75, 3.05) is 6.61 Å². The lowest BCUT2D eigenvalue weighted by molar-refractivity contribution is -0.142. The van der Waals surface area contributed by atoms with E-state index in [1.165, 1.54) is 11.0 Å². The van der Waals surface area contributed by atoms with Crippen LogP contribution in [0.1, 0.15) is 43.9 Å². The second-order valence-corrected chi connectivity index (χ2v) is 6.66. The van der Waals surface area contributed by atoms with Crippen LogP contribution in [-0.2, 0) is 20.7 Å². The minimum Gasteiger partial charge on any atom is -0.466 e. The topological polar surface area (TPSA) is 83.3 Å². The van der Waals surface area contributed by atoms with Gasteiger partial charge in [-0.3, -0.25) is 4.79 Å². The summed E-state index contributed by atoms with van der Waals surface area (Å²) in [5.74, 6) is -0.546. The van der Waals surface area contributed by atoms with E-state index in [2.05, 4.69) is 10.1 Å². The summed E-state index contributed by atoms with van der Waals surface area (Å²) in [4.78, 5) is 27.7. The number of hydrogen-bond acceptors (Lipinski definition) is 6. The van der Waals surface area contributed by atoms with Gasteiger partial charge in [-0.25, -0.2) is 14.5 Å². The summed E-state index contributed by atoms with van der Waals surface area (Å²) in [6, 6.07) is 4.83. The molecule has 0 fully saturated rings. The zero-order chi connectivity index (χ0) is 18.6. The Morgan fingerprint density at radius 1 is 1.28 bits per heavy atom. The average molecular weight is 366 g/mol. The summed E-state index contributed by atoms with van der Waals surface area (Å²) in [5, 5.41) is 4.45. The van der Waals surface area contributed by atoms with Crippen LogP contribution >= 0.6 is 11.6 Å². The minimum atomic E-state index is -0.604. The van der Waals surface area contributed by atoms with Gasteiger partial charge in [0.25, 0.3) is 0 Å². The third-order valence-electron chi connectivity index (χ3n) is 2.98. The largest absolute Gasteiger partial charge is 0.466 e. The van der Waals surface area contributed by atoms with E-state index in [0.717, 1.165) is 0 Å². The van der Waals surface area contributed by atoms with Gasteiger partial charge < -0.3 is 9.47 Å². The van der Waals surface area contributed by atoms with Gasteiger partial charge in [0, 0.05) is 0 Å². The van der Waals surface area contributed by atoms with Gasteiger partial charge in [0.1, 0.15) is 18.3 Å². The molecule has 2 rings (SSSR count). The first-order valence-corrected chi connectivity index (χ1v) is 8.17. The van der Waals surface area contributed by atoms with E-state index >= 15 is 0 Å². The maximum absolute atomic E-state index is 12.1. The van der Waals surface area contributed by atoms with Crippen molar-refractivity contribution in [1.29, 1.82) is 0 Å². The van der Waals surface area contributed by atoms with E-state index in [9.17, 15) is 9.59 Å². The molecular formula is C17H20ClN3O4. The number of halogens is 1. The monoisotopic (exact) mass is 365 g/mol. The molecule has 0 saturated heterocycles. The maximum atomic E-state index is 12.1. The third kappa shape index (κ3) is 5.29. The number of esters is 2. The fourth-order valence-corrected chi connectivity index (χ4v) is 2.24. The molecule has 1 aromatic carbocycles. The maximum Gasteiger partial charge on any atom is 0.340 e.